The van der Waals surface area contributed by atoms with E-state index >= 15 is 0 Å². The molecule has 156 valence electrons. The van der Waals surface area contributed by atoms with Crippen molar-refractivity contribution in [3.63, 3.8) is 0 Å². The molecule has 4 aromatic carbocycles. The first-order valence-electron chi connectivity index (χ1n) is 10.2. The summed E-state index contributed by atoms with van der Waals surface area (Å²) >= 11 is 0. The summed E-state index contributed by atoms with van der Waals surface area (Å²) in [6.45, 7) is 1.03. The Morgan fingerprint density at radius 2 is 1.35 bits per heavy atom. The van der Waals surface area contributed by atoms with Gasteiger partial charge in [-0.25, -0.2) is 0 Å². The summed E-state index contributed by atoms with van der Waals surface area (Å²) in [6, 6.07) is 31.1. The lowest BCUT2D eigenvalue weighted by molar-refractivity contribution is -0.114. The number of fused-ring (bicyclic) bond motifs is 1. The van der Waals surface area contributed by atoms with Crippen LogP contribution >= 0.6 is 0 Å². The fourth-order valence-electron chi connectivity index (χ4n) is 3.19. The van der Waals surface area contributed by atoms with Crippen LogP contribution in [0.1, 0.15) is 0 Å². The predicted molar refractivity (Wildman–Crippen MR) is 125 cm³/mol. The number of ether oxygens (including phenoxy) is 2. The molecular formula is C26H24N2O3. The first-order chi connectivity index (χ1) is 15.3. The van der Waals surface area contributed by atoms with Gasteiger partial charge in [0.05, 0.1) is 6.54 Å². The molecule has 5 heteroatoms. The number of amides is 1. The van der Waals surface area contributed by atoms with Crippen molar-refractivity contribution in [1.82, 2.24) is 0 Å². The molecule has 4 rings (SSSR count). The molecule has 0 spiro atoms. The molecule has 0 aliphatic carbocycles. The second-order valence-electron chi connectivity index (χ2n) is 7.00. The monoisotopic (exact) mass is 412 g/mol. The third-order valence-corrected chi connectivity index (χ3v) is 4.68. The SMILES string of the molecule is O=C(CNc1ccc2ccccc2c1)Nc1cccc(OCCOc2ccccc2)c1. The average Bonchev–Trinajstić information content (AvgIpc) is 2.81. The Kier molecular flexibility index (Phi) is 6.65. The van der Waals surface area contributed by atoms with Gasteiger partial charge < -0.3 is 20.1 Å². The summed E-state index contributed by atoms with van der Waals surface area (Å²) in [7, 11) is 0. The number of benzene rings is 4. The molecule has 2 N–H and O–H groups in total. The third-order valence-electron chi connectivity index (χ3n) is 4.68. The molecule has 0 heterocycles. The normalized spacial score (nSPS) is 10.5. The zero-order chi connectivity index (χ0) is 21.3. The van der Waals surface area contributed by atoms with Crippen molar-refractivity contribution < 1.29 is 14.3 Å². The van der Waals surface area contributed by atoms with Crippen LogP contribution in [0.25, 0.3) is 10.8 Å². The summed E-state index contributed by atoms with van der Waals surface area (Å²) in [5.74, 6) is 1.36. The van der Waals surface area contributed by atoms with Crippen molar-refractivity contribution in [2.75, 3.05) is 30.4 Å². The molecule has 4 aromatic rings. The molecule has 0 atom stereocenters. The Hall–Kier alpha value is -3.99. The van der Waals surface area contributed by atoms with Gasteiger partial charge in [0, 0.05) is 17.4 Å². The highest BCUT2D eigenvalue weighted by Crippen LogP contribution is 2.20. The lowest BCUT2D eigenvalue weighted by Crippen LogP contribution is -2.21. The predicted octanol–water partition coefficient (Wildman–Crippen LogP) is 5.35. The molecule has 0 aromatic heterocycles. The van der Waals surface area contributed by atoms with E-state index in [0.717, 1.165) is 16.8 Å². The molecule has 5 nitrogen and oxygen atoms in total. The molecule has 0 radical (unpaired) electrons. The summed E-state index contributed by atoms with van der Waals surface area (Å²) in [5, 5.41) is 8.37. The minimum Gasteiger partial charge on any atom is -0.490 e. The lowest BCUT2D eigenvalue weighted by Gasteiger charge is -2.11. The summed E-state index contributed by atoms with van der Waals surface area (Å²) in [5.41, 5.74) is 1.59. The Morgan fingerprint density at radius 3 is 2.19 bits per heavy atom. The fourth-order valence-corrected chi connectivity index (χ4v) is 3.19. The summed E-state index contributed by atoms with van der Waals surface area (Å²) < 4.78 is 11.3. The molecule has 0 saturated heterocycles. The second-order valence-corrected chi connectivity index (χ2v) is 7.00. The van der Waals surface area contributed by atoms with Gasteiger partial charge in [0.2, 0.25) is 5.91 Å². The van der Waals surface area contributed by atoms with E-state index < -0.39 is 0 Å². The van der Waals surface area contributed by atoms with Crippen molar-refractivity contribution >= 4 is 28.1 Å². The molecule has 0 aliphatic rings. The quantitative estimate of drug-likeness (QED) is 0.364. The van der Waals surface area contributed by atoms with E-state index in [-0.39, 0.29) is 12.5 Å². The maximum Gasteiger partial charge on any atom is 0.243 e. The fraction of sp³-hybridized carbons (Fsp3) is 0.115. The molecule has 31 heavy (non-hydrogen) atoms. The molecule has 1 amide bonds. The third kappa shape index (κ3) is 6.00. The van der Waals surface area contributed by atoms with Crippen LogP contribution in [-0.2, 0) is 4.79 Å². The van der Waals surface area contributed by atoms with Gasteiger partial charge in [-0.1, -0.05) is 54.6 Å². The number of carbonyl (C=O) groups is 1. The van der Waals surface area contributed by atoms with Crippen molar-refractivity contribution in [2.45, 2.75) is 0 Å². The topological polar surface area (TPSA) is 59.6 Å². The number of rotatable bonds is 9. The smallest absolute Gasteiger partial charge is 0.243 e. The number of anilines is 2. The van der Waals surface area contributed by atoms with Crippen molar-refractivity contribution in [2.24, 2.45) is 0 Å². The zero-order valence-corrected chi connectivity index (χ0v) is 17.1. The summed E-state index contributed by atoms with van der Waals surface area (Å²) in [4.78, 5) is 12.3. The highest BCUT2D eigenvalue weighted by molar-refractivity contribution is 5.94. The minimum absolute atomic E-state index is 0.127. The molecule has 0 aliphatic heterocycles. The van der Waals surface area contributed by atoms with Gasteiger partial charge in [-0.15, -0.1) is 0 Å². The van der Waals surface area contributed by atoms with E-state index in [1.807, 2.05) is 78.9 Å². The van der Waals surface area contributed by atoms with Crippen LogP contribution in [0, 0.1) is 0 Å². The van der Waals surface area contributed by atoms with Gasteiger partial charge in [-0.3, -0.25) is 4.79 Å². The zero-order valence-electron chi connectivity index (χ0n) is 17.1. The number of carbonyl (C=O) groups excluding carboxylic acids is 1. The van der Waals surface area contributed by atoms with Gasteiger partial charge in [0.15, 0.2) is 0 Å². The van der Waals surface area contributed by atoms with Crippen molar-refractivity contribution in [1.29, 1.82) is 0 Å². The maximum atomic E-state index is 12.3. The molecule has 0 bridgehead atoms. The van der Waals surface area contributed by atoms with Crippen LogP contribution < -0.4 is 20.1 Å². The van der Waals surface area contributed by atoms with Gasteiger partial charge in [-0.2, -0.15) is 0 Å². The van der Waals surface area contributed by atoms with Crippen LogP contribution in [0.3, 0.4) is 0 Å². The number of nitrogens with one attached hydrogen (secondary N) is 2. The molecule has 0 saturated carbocycles. The van der Waals surface area contributed by atoms with E-state index in [1.54, 1.807) is 6.07 Å². The Bertz CT molecular complexity index is 1150. The number of hydrogen-bond acceptors (Lipinski definition) is 4. The van der Waals surface area contributed by atoms with Gasteiger partial charge in [0.1, 0.15) is 24.7 Å². The van der Waals surface area contributed by atoms with E-state index in [4.69, 9.17) is 9.47 Å². The first kappa shape index (κ1) is 20.3. The van der Waals surface area contributed by atoms with E-state index in [9.17, 15) is 4.79 Å². The van der Waals surface area contributed by atoms with E-state index in [2.05, 4.69) is 22.8 Å². The summed E-state index contributed by atoms with van der Waals surface area (Å²) in [6.07, 6.45) is 0. The van der Waals surface area contributed by atoms with Crippen molar-refractivity contribution in [3.05, 3.63) is 97.1 Å². The Morgan fingerprint density at radius 1 is 0.645 bits per heavy atom. The van der Waals surface area contributed by atoms with Gasteiger partial charge in [-0.05, 0) is 47.2 Å². The minimum atomic E-state index is -0.127. The lowest BCUT2D eigenvalue weighted by atomic mass is 10.1. The number of hydrogen-bond donors (Lipinski definition) is 2. The molecule has 0 unspecified atom stereocenters. The van der Waals surface area contributed by atoms with Crippen LogP contribution in [0.4, 0.5) is 11.4 Å². The van der Waals surface area contributed by atoms with Crippen molar-refractivity contribution in [3.8, 4) is 11.5 Å². The van der Waals surface area contributed by atoms with Crippen LogP contribution in [0.2, 0.25) is 0 Å². The highest BCUT2D eigenvalue weighted by atomic mass is 16.5. The van der Waals surface area contributed by atoms with Crippen LogP contribution in [0.5, 0.6) is 11.5 Å². The van der Waals surface area contributed by atoms with Gasteiger partial charge >= 0.3 is 0 Å². The standard InChI is InChI=1S/C26H24N2O3/c29-26(19-27-22-14-13-20-7-4-5-8-21(20)17-22)28-23-9-6-12-25(18-23)31-16-15-30-24-10-2-1-3-11-24/h1-14,17-18,27H,15-16,19H2,(H,28,29). The van der Waals surface area contributed by atoms with Crippen LogP contribution in [-0.4, -0.2) is 25.7 Å². The molecule has 0 fully saturated rings. The van der Waals surface area contributed by atoms with Gasteiger partial charge in [0.25, 0.3) is 0 Å². The van der Waals surface area contributed by atoms with E-state index in [1.165, 1.54) is 5.39 Å². The Labute approximate surface area is 181 Å². The van der Waals surface area contributed by atoms with Crippen LogP contribution in [0.15, 0.2) is 97.1 Å². The average molecular weight is 412 g/mol. The largest absolute Gasteiger partial charge is 0.490 e. The first-order valence-corrected chi connectivity index (χ1v) is 10.2. The number of para-hydroxylation sites is 1. The highest BCUT2D eigenvalue weighted by Gasteiger charge is 2.04. The second kappa shape index (κ2) is 10.2. The van der Waals surface area contributed by atoms with E-state index in [0.29, 0.717) is 24.7 Å². The molecular weight excluding hydrogens is 388 g/mol. The Balaban J connectivity index is 1.24. The maximum absolute atomic E-state index is 12.3.